The van der Waals surface area contributed by atoms with Crippen LogP contribution in [0, 0.1) is 13.8 Å². The first-order valence-corrected chi connectivity index (χ1v) is 10.5. The molecule has 0 radical (unpaired) electrons. The van der Waals surface area contributed by atoms with Crippen molar-refractivity contribution in [3.05, 3.63) is 53.2 Å². The van der Waals surface area contributed by atoms with Crippen molar-refractivity contribution in [2.75, 3.05) is 69.2 Å². The number of anilines is 2. The van der Waals surface area contributed by atoms with Crippen molar-refractivity contribution in [1.82, 2.24) is 14.8 Å². The van der Waals surface area contributed by atoms with Crippen LogP contribution in [0.4, 0.5) is 11.5 Å². The van der Waals surface area contributed by atoms with E-state index in [-0.39, 0.29) is 5.91 Å². The Kier molecular flexibility index (Phi) is 5.72. The van der Waals surface area contributed by atoms with Gasteiger partial charge in [0.15, 0.2) is 0 Å². The molecule has 29 heavy (non-hydrogen) atoms. The Labute approximate surface area is 173 Å². The molecular formula is C23H31N5O. The second-order valence-corrected chi connectivity index (χ2v) is 8.19. The lowest BCUT2D eigenvalue weighted by molar-refractivity contribution is 0.0746. The number of likely N-dealkylation sites (N-methyl/N-ethyl adjacent to an activating group) is 1. The average Bonchev–Trinajstić information content (AvgIpc) is 2.76. The number of hydrogen-bond acceptors (Lipinski definition) is 5. The molecule has 1 amide bonds. The van der Waals surface area contributed by atoms with Crippen molar-refractivity contribution >= 4 is 17.4 Å². The number of benzene rings is 1. The fourth-order valence-electron chi connectivity index (χ4n) is 4.15. The lowest BCUT2D eigenvalue weighted by Crippen LogP contribution is -2.49. The van der Waals surface area contributed by atoms with Crippen molar-refractivity contribution < 1.29 is 4.79 Å². The van der Waals surface area contributed by atoms with E-state index in [0.717, 1.165) is 58.2 Å². The van der Waals surface area contributed by atoms with Crippen LogP contribution < -0.4 is 9.80 Å². The predicted octanol–water partition coefficient (Wildman–Crippen LogP) is 2.41. The van der Waals surface area contributed by atoms with Gasteiger partial charge in [-0.3, -0.25) is 4.79 Å². The van der Waals surface area contributed by atoms with E-state index in [4.69, 9.17) is 0 Å². The standard InChI is InChI=1S/C23H31N5O/c1-18-5-4-6-21(19(18)2)26-13-15-28(16-14-26)23(29)20-7-8-22(24-17-20)27-11-9-25(3)10-12-27/h4-8,17H,9-16H2,1-3H3. The minimum atomic E-state index is 0.0861. The fraction of sp³-hybridized carbons (Fsp3) is 0.478. The molecule has 1 aromatic carbocycles. The Morgan fingerprint density at radius 3 is 2.21 bits per heavy atom. The number of rotatable bonds is 3. The van der Waals surface area contributed by atoms with E-state index in [9.17, 15) is 4.79 Å². The number of nitrogens with zero attached hydrogens (tertiary/aromatic N) is 5. The molecule has 0 unspecified atom stereocenters. The fourth-order valence-corrected chi connectivity index (χ4v) is 4.15. The zero-order chi connectivity index (χ0) is 20.4. The zero-order valence-corrected chi connectivity index (χ0v) is 17.8. The number of aryl methyl sites for hydroxylation is 1. The summed E-state index contributed by atoms with van der Waals surface area (Å²) in [5.41, 5.74) is 4.61. The van der Waals surface area contributed by atoms with E-state index in [1.165, 1.54) is 16.8 Å². The average molecular weight is 394 g/mol. The van der Waals surface area contributed by atoms with Crippen LogP contribution in [-0.4, -0.2) is 80.1 Å². The summed E-state index contributed by atoms with van der Waals surface area (Å²) in [6, 6.07) is 10.4. The van der Waals surface area contributed by atoms with Crippen molar-refractivity contribution in [2.45, 2.75) is 13.8 Å². The Morgan fingerprint density at radius 1 is 0.862 bits per heavy atom. The highest BCUT2D eigenvalue weighted by molar-refractivity contribution is 5.94. The van der Waals surface area contributed by atoms with Crippen LogP contribution in [0.3, 0.4) is 0 Å². The van der Waals surface area contributed by atoms with Gasteiger partial charge in [-0.2, -0.15) is 0 Å². The largest absolute Gasteiger partial charge is 0.368 e. The van der Waals surface area contributed by atoms with Gasteiger partial charge in [0.05, 0.1) is 5.56 Å². The molecule has 2 aliphatic heterocycles. The summed E-state index contributed by atoms with van der Waals surface area (Å²) >= 11 is 0. The van der Waals surface area contributed by atoms with Crippen molar-refractivity contribution in [3.63, 3.8) is 0 Å². The van der Waals surface area contributed by atoms with Crippen LogP contribution in [0.5, 0.6) is 0 Å². The summed E-state index contributed by atoms with van der Waals surface area (Å²) in [4.78, 5) is 26.5. The van der Waals surface area contributed by atoms with E-state index in [0.29, 0.717) is 5.56 Å². The number of carbonyl (C=O) groups excluding carboxylic acids is 1. The van der Waals surface area contributed by atoms with E-state index in [2.05, 4.69) is 58.8 Å². The van der Waals surface area contributed by atoms with Gasteiger partial charge in [-0.05, 0) is 50.2 Å². The Bertz CT molecular complexity index is 850. The molecule has 4 rings (SSSR count). The lowest BCUT2D eigenvalue weighted by Gasteiger charge is -2.37. The molecule has 2 aromatic rings. The minimum absolute atomic E-state index is 0.0861. The molecule has 0 atom stereocenters. The summed E-state index contributed by atoms with van der Waals surface area (Å²) < 4.78 is 0. The van der Waals surface area contributed by atoms with Gasteiger partial charge in [0.25, 0.3) is 5.91 Å². The van der Waals surface area contributed by atoms with E-state index in [1.54, 1.807) is 6.20 Å². The number of pyridine rings is 1. The Morgan fingerprint density at radius 2 is 1.55 bits per heavy atom. The third kappa shape index (κ3) is 4.22. The molecule has 0 spiro atoms. The Balaban J connectivity index is 1.36. The van der Waals surface area contributed by atoms with Crippen LogP contribution in [-0.2, 0) is 0 Å². The second kappa shape index (κ2) is 8.41. The summed E-state index contributed by atoms with van der Waals surface area (Å²) in [5.74, 6) is 1.05. The van der Waals surface area contributed by atoms with E-state index in [1.807, 2.05) is 17.0 Å². The highest BCUT2D eigenvalue weighted by Gasteiger charge is 2.24. The number of piperazine rings is 2. The van der Waals surface area contributed by atoms with Gasteiger partial charge >= 0.3 is 0 Å². The number of amides is 1. The molecule has 0 bridgehead atoms. The zero-order valence-electron chi connectivity index (χ0n) is 17.8. The summed E-state index contributed by atoms with van der Waals surface area (Å²) in [6.45, 7) is 11.6. The second-order valence-electron chi connectivity index (χ2n) is 8.19. The molecule has 2 saturated heterocycles. The number of aromatic nitrogens is 1. The molecule has 6 nitrogen and oxygen atoms in total. The van der Waals surface area contributed by atoms with Crippen LogP contribution in [0.1, 0.15) is 21.5 Å². The highest BCUT2D eigenvalue weighted by atomic mass is 16.2. The molecular weight excluding hydrogens is 362 g/mol. The van der Waals surface area contributed by atoms with Crippen LogP contribution in [0.2, 0.25) is 0 Å². The molecule has 2 fully saturated rings. The maximum absolute atomic E-state index is 12.9. The number of carbonyl (C=O) groups is 1. The molecule has 0 aliphatic carbocycles. The van der Waals surface area contributed by atoms with Crippen LogP contribution >= 0.6 is 0 Å². The van der Waals surface area contributed by atoms with Crippen molar-refractivity contribution in [2.24, 2.45) is 0 Å². The first-order chi connectivity index (χ1) is 14.0. The SMILES string of the molecule is Cc1cccc(N2CCN(C(=O)c3ccc(N4CCN(C)CC4)nc3)CC2)c1C. The smallest absolute Gasteiger partial charge is 0.255 e. The van der Waals surface area contributed by atoms with Crippen LogP contribution in [0.15, 0.2) is 36.5 Å². The normalized spacial score (nSPS) is 18.2. The van der Waals surface area contributed by atoms with Gasteiger partial charge in [0, 0.05) is 64.2 Å². The summed E-state index contributed by atoms with van der Waals surface area (Å²) in [5, 5.41) is 0. The predicted molar refractivity (Wildman–Crippen MR) is 118 cm³/mol. The van der Waals surface area contributed by atoms with Gasteiger partial charge in [-0.1, -0.05) is 12.1 Å². The van der Waals surface area contributed by atoms with Gasteiger partial charge in [-0.25, -0.2) is 4.98 Å². The molecule has 154 valence electrons. The first kappa shape index (κ1) is 19.7. The van der Waals surface area contributed by atoms with Crippen LogP contribution in [0.25, 0.3) is 0 Å². The van der Waals surface area contributed by atoms with E-state index >= 15 is 0 Å². The molecule has 6 heteroatoms. The molecule has 2 aliphatic rings. The molecule has 1 aromatic heterocycles. The molecule has 0 saturated carbocycles. The monoisotopic (exact) mass is 393 g/mol. The van der Waals surface area contributed by atoms with Crippen molar-refractivity contribution in [1.29, 1.82) is 0 Å². The van der Waals surface area contributed by atoms with E-state index < -0.39 is 0 Å². The first-order valence-electron chi connectivity index (χ1n) is 10.5. The molecule has 3 heterocycles. The minimum Gasteiger partial charge on any atom is -0.368 e. The van der Waals surface area contributed by atoms with Gasteiger partial charge in [0.1, 0.15) is 5.82 Å². The third-order valence-corrected chi connectivity index (χ3v) is 6.31. The van der Waals surface area contributed by atoms with Crippen molar-refractivity contribution in [3.8, 4) is 0 Å². The molecule has 0 N–H and O–H groups in total. The maximum atomic E-state index is 12.9. The topological polar surface area (TPSA) is 42.9 Å². The van der Waals surface area contributed by atoms with Gasteiger partial charge in [0.2, 0.25) is 0 Å². The summed E-state index contributed by atoms with van der Waals surface area (Å²) in [6.07, 6.45) is 1.74. The van der Waals surface area contributed by atoms with Gasteiger partial charge < -0.3 is 19.6 Å². The highest BCUT2D eigenvalue weighted by Crippen LogP contribution is 2.24. The lowest BCUT2D eigenvalue weighted by atomic mass is 10.1. The summed E-state index contributed by atoms with van der Waals surface area (Å²) in [7, 11) is 2.15. The number of hydrogen-bond donors (Lipinski definition) is 0. The Hall–Kier alpha value is -2.60. The third-order valence-electron chi connectivity index (χ3n) is 6.31. The maximum Gasteiger partial charge on any atom is 0.255 e. The quantitative estimate of drug-likeness (QED) is 0.801. The van der Waals surface area contributed by atoms with Gasteiger partial charge in [-0.15, -0.1) is 0 Å².